The van der Waals surface area contributed by atoms with Gasteiger partial charge in [0.1, 0.15) is 0 Å². The molecule has 0 aliphatic heterocycles. The van der Waals surface area contributed by atoms with Crippen LogP contribution in [0.4, 0.5) is 0 Å². The van der Waals surface area contributed by atoms with Crippen LogP contribution in [0.15, 0.2) is 11.6 Å². The number of esters is 3. The molecule has 0 heterocycles. The molecule has 7 nitrogen and oxygen atoms in total. The summed E-state index contributed by atoms with van der Waals surface area (Å²) in [5.41, 5.74) is 0.339. The molecule has 0 saturated carbocycles. The minimum absolute atomic E-state index is 0.0860. The van der Waals surface area contributed by atoms with Gasteiger partial charge in [0, 0.05) is 25.8 Å². The third-order valence-corrected chi connectivity index (χ3v) is 9.29. The topological polar surface area (TPSA) is 88.1 Å². The summed E-state index contributed by atoms with van der Waals surface area (Å²) in [6, 6.07) is 0. The van der Waals surface area contributed by atoms with Crippen molar-refractivity contribution in [2.24, 2.45) is 0 Å². The van der Waals surface area contributed by atoms with Crippen molar-refractivity contribution >= 4 is 26.2 Å². The fourth-order valence-corrected chi connectivity index (χ4v) is 3.81. The Morgan fingerprint density at radius 3 is 2.04 bits per heavy atom. The van der Waals surface area contributed by atoms with Gasteiger partial charge in [-0.2, -0.15) is 0 Å². The zero-order chi connectivity index (χ0) is 20.3. The van der Waals surface area contributed by atoms with Crippen LogP contribution in [0.2, 0.25) is 18.1 Å². The van der Waals surface area contributed by atoms with Gasteiger partial charge in [0.25, 0.3) is 0 Å². The number of methoxy groups -OCH3 is 1. The van der Waals surface area contributed by atoms with E-state index in [1.165, 1.54) is 27.0 Å². The summed E-state index contributed by atoms with van der Waals surface area (Å²) >= 11 is 0. The van der Waals surface area contributed by atoms with E-state index in [0.717, 1.165) is 0 Å². The van der Waals surface area contributed by atoms with Gasteiger partial charge in [0.15, 0.2) is 20.5 Å². The molecule has 26 heavy (non-hydrogen) atoms. The average Bonchev–Trinajstić information content (AvgIpc) is 2.46. The summed E-state index contributed by atoms with van der Waals surface area (Å²) in [5, 5.41) is -0.0860. The zero-order valence-corrected chi connectivity index (χ0v) is 17.9. The quantitative estimate of drug-likeness (QED) is 0.408. The fourth-order valence-electron chi connectivity index (χ4n) is 2.48. The molecule has 0 bridgehead atoms. The summed E-state index contributed by atoms with van der Waals surface area (Å²) in [7, 11) is -0.957. The molecule has 0 saturated heterocycles. The summed E-state index contributed by atoms with van der Waals surface area (Å²) in [5.74, 6) is -1.57. The van der Waals surface area contributed by atoms with Gasteiger partial charge in [-0.15, -0.1) is 0 Å². The molecule has 0 N–H and O–H groups in total. The minimum atomic E-state index is -2.24. The Morgan fingerprint density at radius 2 is 1.62 bits per heavy atom. The first-order valence-electron chi connectivity index (χ1n) is 8.59. The van der Waals surface area contributed by atoms with Gasteiger partial charge in [0.2, 0.25) is 0 Å². The fraction of sp³-hybridized carbons (Fsp3) is 0.722. The van der Waals surface area contributed by atoms with Crippen LogP contribution in [-0.2, 0) is 33.0 Å². The lowest BCUT2D eigenvalue weighted by atomic mass is 9.92. The summed E-state index contributed by atoms with van der Waals surface area (Å²) in [6.07, 6.45) is -0.641. The molecular weight excluding hydrogens is 356 g/mol. The Labute approximate surface area is 156 Å². The maximum absolute atomic E-state index is 12.1. The number of carbonyl (C=O) groups excluding carboxylic acids is 3. The molecule has 1 rings (SSSR count). The van der Waals surface area contributed by atoms with Crippen molar-refractivity contribution < 1.29 is 33.0 Å². The van der Waals surface area contributed by atoms with Crippen LogP contribution >= 0.6 is 0 Å². The number of carbonyl (C=O) groups is 3. The number of hydrogen-bond acceptors (Lipinski definition) is 7. The van der Waals surface area contributed by atoms with E-state index in [9.17, 15) is 14.4 Å². The third-order valence-electron chi connectivity index (χ3n) is 4.78. The Balaban J connectivity index is 3.29. The summed E-state index contributed by atoms with van der Waals surface area (Å²) < 4.78 is 21.9. The molecule has 0 spiro atoms. The van der Waals surface area contributed by atoms with E-state index < -0.39 is 44.5 Å². The summed E-state index contributed by atoms with van der Waals surface area (Å²) in [6.45, 7) is 12.9. The molecule has 8 heteroatoms. The van der Waals surface area contributed by atoms with Crippen LogP contribution in [0.1, 0.15) is 41.0 Å². The highest BCUT2D eigenvalue weighted by Crippen LogP contribution is 2.40. The van der Waals surface area contributed by atoms with E-state index in [1.54, 1.807) is 0 Å². The Hall–Kier alpha value is -1.67. The first-order valence-corrected chi connectivity index (χ1v) is 11.5. The van der Waals surface area contributed by atoms with E-state index in [2.05, 4.69) is 33.9 Å². The lowest BCUT2D eigenvalue weighted by Gasteiger charge is -2.43. The standard InChI is InChI=1S/C18H30O7Si/c1-11(19)23-14-9-13(17(21)22-6)10-15(16(14)24-12(2)20)25-26(7,8)18(3,4)5/h9,14-16H,10H2,1-8H3/t14-,15+,16+/m1/s1. The number of ether oxygens (including phenoxy) is 3. The second-order valence-electron chi connectivity index (χ2n) is 7.95. The SMILES string of the molecule is COC(=O)C1=C[C@@H](OC(C)=O)[C@H](OC(C)=O)[C@@H](O[Si](C)(C)C(C)(C)C)C1. The molecule has 0 aromatic heterocycles. The Kier molecular flexibility index (Phi) is 7.18. The smallest absolute Gasteiger partial charge is 0.333 e. The van der Waals surface area contributed by atoms with E-state index in [-0.39, 0.29) is 11.5 Å². The highest BCUT2D eigenvalue weighted by Gasteiger charge is 2.46. The van der Waals surface area contributed by atoms with Gasteiger partial charge in [-0.25, -0.2) is 4.79 Å². The second kappa shape index (κ2) is 8.35. The maximum Gasteiger partial charge on any atom is 0.333 e. The Bertz CT molecular complexity index is 589. The molecular formula is C18H30O7Si. The van der Waals surface area contributed by atoms with Crippen LogP contribution < -0.4 is 0 Å². The van der Waals surface area contributed by atoms with Crippen LogP contribution in [0.5, 0.6) is 0 Å². The molecule has 0 aromatic carbocycles. The van der Waals surface area contributed by atoms with E-state index in [0.29, 0.717) is 5.57 Å². The number of rotatable bonds is 5. The highest BCUT2D eigenvalue weighted by atomic mass is 28.4. The monoisotopic (exact) mass is 386 g/mol. The van der Waals surface area contributed by atoms with E-state index in [1.807, 2.05) is 0 Å². The lowest BCUT2D eigenvalue weighted by molar-refractivity contribution is -0.171. The molecule has 0 unspecified atom stereocenters. The zero-order valence-electron chi connectivity index (χ0n) is 16.9. The van der Waals surface area contributed by atoms with Crippen LogP contribution in [0.3, 0.4) is 0 Å². The largest absolute Gasteiger partial charge is 0.466 e. The van der Waals surface area contributed by atoms with Crippen molar-refractivity contribution in [2.45, 2.75) is 77.5 Å². The summed E-state index contributed by atoms with van der Waals surface area (Å²) in [4.78, 5) is 35.2. The molecule has 0 radical (unpaired) electrons. The van der Waals surface area contributed by atoms with Crippen molar-refractivity contribution in [3.8, 4) is 0 Å². The van der Waals surface area contributed by atoms with Crippen LogP contribution in [0.25, 0.3) is 0 Å². The molecule has 0 amide bonds. The van der Waals surface area contributed by atoms with Gasteiger partial charge in [-0.1, -0.05) is 20.8 Å². The average molecular weight is 387 g/mol. The van der Waals surface area contributed by atoms with Crippen molar-refractivity contribution in [3.63, 3.8) is 0 Å². The second-order valence-corrected chi connectivity index (χ2v) is 12.7. The third kappa shape index (κ3) is 5.67. The first kappa shape index (κ1) is 22.4. The van der Waals surface area contributed by atoms with Crippen molar-refractivity contribution in [2.75, 3.05) is 7.11 Å². The van der Waals surface area contributed by atoms with Gasteiger partial charge >= 0.3 is 17.9 Å². The Morgan fingerprint density at radius 1 is 1.08 bits per heavy atom. The van der Waals surface area contributed by atoms with Gasteiger partial charge in [0.05, 0.1) is 13.2 Å². The molecule has 1 aliphatic rings. The van der Waals surface area contributed by atoms with Crippen molar-refractivity contribution in [1.29, 1.82) is 0 Å². The van der Waals surface area contributed by atoms with E-state index >= 15 is 0 Å². The van der Waals surface area contributed by atoms with Crippen LogP contribution in [0, 0.1) is 0 Å². The number of hydrogen-bond donors (Lipinski definition) is 0. The molecule has 0 aromatic rings. The highest BCUT2D eigenvalue weighted by molar-refractivity contribution is 6.74. The van der Waals surface area contributed by atoms with Crippen LogP contribution in [-0.4, -0.2) is 51.6 Å². The van der Waals surface area contributed by atoms with Gasteiger partial charge in [-0.05, 0) is 24.2 Å². The predicted molar refractivity (Wildman–Crippen MR) is 97.9 cm³/mol. The lowest BCUT2D eigenvalue weighted by Crippen LogP contribution is -2.53. The maximum atomic E-state index is 12.1. The van der Waals surface area contributed by atoms with E-state index in [4.69, 9.17) is 18.6 Å². The normalized spacial score (nSPS) is 23.7. The van der Waals surface area contributed by atoms with Crippen molar-refractivity contribution in [1.82, 2.24) is 0 Å². The van der Waals surface area contributed by atoms with Crippen molar-refractivity contribution in [3.05, 3.63) is 11.6 Å². The van der Waals surface area contributed by atoms with Gasteiger partial charge in [-0.3, -0.25) is 9.59 Å². The van der Waals surface area contributed by atoms with Gasteiger partial charge < -0.3 is 18.6 Å². The minimum Gasteiger partial charge on any atom is -0.466 e. The molecule has 1 aliphatic carbocycles. The molecule has 0 fully saturated rings. The first-order chi connectivity index (χ1) is 11.8. The molecule has 148 valence electrons. The molecule has 3 atom stereocenters. The predicted octanol–water partition coefficient (Wildman–Crippen LogP) is 2.74.